The first-order valence-corrected chi connectivity index (χ1v) is 9.51. The average molecular weight is 430 g/mol. The van der Waals surface area contributed by atoms with Gasteiger partial charge in [0.1, 0.15) is 0 Å². The van der Waals surface area contributed by atoms with Crippen LogP contribution in [-0.4, -0.2) is 30.3 Å². The van der Waals surface area contributed by atoms with E-state index in [1.807, 2.05) is 11.4 Å². The van der Waals surface area contributed by atoms with Crippen LogP contribution >= 0.6 is 38.9 Å². The van der Waals surface area contributed by atoms with Crippen molar-refractivity contribution < 1.29 is 9.59 Å². The molecule has 2 amide bonds. The van der Waals surface area contributed by atoms with Crippen LogP contribution in [0.3, 0.4) is 0 Å². The van der Waals surface area contributed by atoms with E-state index in [0.717, 1.165) is 9.35 Å². The van der Waals surface area contributed by atoms with Crippen LogP contribution in [0.2, 0.25) is 5.02 Å². The van der Waals surface area contributed by atoms with Gasteiger partial charge in [-0.15, -0.1) is 11.3 Å². The first-order chi connectivity index (χ1) is 11.5. The van der Waals surface area contributed by atoms with Gasteiger partial charge in [-0.3, -0.25) is 9.59 Å². The van der Waals surface area contributed by atoms with E-state index in [-0.39, 0.29) is 11.8 Å². The van der Waals surface area contributed by atoms with Gasteiger partial charge < -0.3 is 10.2 Å². The number of nitrogens with zero attached hydrogens (tertiary/aromatic N) is 1. The van der Waals surface area contributed by atoms with Crippen LogP contribution in [0.15, 0.2) is 40.2 Å². The molecule has 0 bridgehead atoms. The van der Waals surface area contributed by atoms with Crippen molar-refractivity contribution in [2.75, 3.05) is 13.6 Å². The summed E-state index contributed by atoms with van der Waals surface area (Å²) in [7, 11) is 1.79. The van der Waals surface area contributed by atoms with E-state index in [1.165, 1.54) is 0 Å². The molecular formula is C17H18BrClN2O2S. The molecule has 4 nitrogen and oxygen atoms in total. The largest absolute Gasteiger partial charge is 0.352 e. The Kier molecular flexibility index (Phi) is 7.27. The van der Waals surface area contributed by atoms with E-state index in [4.69, 9.17) is 11.6 Å². The number of carbonyl (C=O) groups is 2. The molecule has 0 spiro atoms. The third-order valence-electron chi connectivity index (χ3n) is 3.40. The lowest BCUT2D eigenvalue weighted by Gasteiger charge is -2.16. The normalized spacial score (nSPS) is 10.5. The minimum atomic E-state index is -0.157. The Labute approximate surface area is 158 Å². The Bertz CT molecular complexity index is 703. The van der Waals surface area contributed by atoms with Gasteiger partial charge in [0.05, 0.1) is 6.54 Å². The van der Waals surface area contributed by atoms with Crippen LogP contribution in [0.1, 0.15) is 28.1 Å². The number of rotatable bonds is 7. The molecule has 1 heterocycles. The molecule has 0 saturated carbocycles. The zero-order chi connectivity index (χ0) is 17.5. The van der Waals surface area contributed by atoms with Crippen molar-refractivity contribution in [3.63, 3.8) is 0 Å². The fourth-order valence-corrected chi connectivity index (χ4v) is 3.72. The lowest BCUT2D eigenvalue weighted by molar-refractivity contribution is -0.130. The average Bonchev–Trinajstić information content (AvgIpc) is 2.96. The van der Waals surface area contributed by atoms with Crippen LogP contribution in [0.4, 0.5) is 0 Å². The van der Waals surface area contributed by atoms with Crippen molar-refractivity contribution in [3.05, 3.63) is 55.6 Å². The number of benzene rings is 1. The Morgan fingerprint density at radius 2 is 2.00 bits per heavy atom. The molecular weight excluding hydrogens is 412 g/mol. The lowest BCUT2D eigenvalue weighted by atomic mass is 10.2. The Hall–Kier alpha value is -1.37. The van der Waals surface area contributed by atoms with E-state index < -0.39 is 0 Å². The highest BCUT2D eigenvalue weighted by atomic mass is 79.9. The van der Waals surface area contributed by atoms with Gasteiger partial charge >= 0.3 is 0 Å². The van der Waals surface area contributed by atoms with Gasteiger partial charge in [0.2, 0.25) is 5.91 Å². The zero-order valence-electron chi connectivity index (χ0n) is 13.2. The minimum absolute atomic E-state index is 0.0697. The van der Waals surface area contributed by atoms with Gasteiger partial charge in [0.15, 0.2) is 0 Å². The van der Waals surface area contributed by atoms with Gasteiger partial charge in [-0.2, -0.15) is 0 Å². The predicted molar refractivity (Wildman–Crippen MR) is 102 cm³/mol. The molecule has 1 aromatic carbocycles. The highest BCUT2D eigenvalue weighted by molar-refractivity contribution is 9.10. The van der Waals surface area contributed by atoms with Gasteiger partial charge in [0, 0.05) is 45.3 Å². The van der Waals surface area contributed by atoms with Crippen molar-refractivity contribution in [1.82, 2.24) is 10.2 Å². The Morgan fingerprint density at radius 3 is 2.62 bits per heavy atom. The molecule has 1 aromatic heterocycles. The lowest BCUT2D eigenvalue weighted by Crippen LogP contribution is -2.28. The summed E-state index contributed by atoms with van der Waals surface area (Å²) in [6.07, 6.45) is 1.01. The standard InChI is InChI=1S/C17H18BrClN2O2S/c1-21(10-15-9-13(18)11-24-15)16(22)3-2-8-20-17(23)12-4-6-14(19)7-5-12/h4-7,9,11H,2-3,8,10H2,1H3,(H,20,23). The van der Waals surface area contributed by atoms with E-state index >= 15 is 0 Å². The molecule has 0 saturated heterocycles. The fourth-order valence-electron chi connectivity index (χ4n) is 2.09. The van der Waals surface area contributed by atoms with Crippen molar-refractivity contribution in [2.45, 2.75) is 19.4 Å². The predicted octanol–water partition coefficient (Wildman–Crippen LogP) is 4.33. The van der Waals surface area contributed by atoms with Crippen molar-refractivity contribution in [1.29, 1.82) is 0 Å². The van der Waals surface area contributed by atoms with Gasteiger partial charge in [0.25, 0.3) is 5.91 Å². The number of hydrogen-bond acceptors (Lipinski definition) is 3. The van der Waals surface area contributed by atoms with Gasteiger partial charge in [-0.25, -0.2) is 0 Å². The highest BCUT2D eigenvalue weighted by Crippen LogP contribution is 2.21. The zero-order valence-corrected chi connectivity index (χ0v) is 16.4. The van der Waals surface area contributed by atoms with Crippen LogP contribution < -0.4 is 5.32 Å². The fraction of sp³-hybridized carbons (Fsp3) is 0.294. The maximum Gasteiger partial charge on any atom is 0.251 e. The first kappa shape index (κ1) is 19.0. The first-order valence-electron chi connectivity index (χ1n) is 7.46. The Morgan fingerprint density at radius 1 is 1.29 bits per heavy atom. The highest BCUT2D eigenvalue weighted by Gasteiger charge is 2.11. The van der Waals surface area contributed by atoms with E-state index in [1.54, 1.807) is 47.5 Å². The van der Waals surface area contributed by atoms with E-state index in [9.17, 15) is 9.59 Å². The third kappa shape index (κ3) is 5.92. The molecule has 0 aliphatic rings. The number of hydrogen-bond donors (Lipinski definition) is 1. The number of amides is 2. The maximum atomic E-state index is 12.1. The van der Waals surface area contributed by atoms with Gasteiger partial charge in [-0.1, -0.05) is 11.6 Å². The van der Waals surface area contributed by atoms with Crippen molar-refractivity contribution in [3.8, 4) is 0 Å². The molecule has 1 N–H and O–H groups in total. The van der Waals surface area contributed by atoms with Crippen LogP contribution in [0.25, 0.3) is 0 Å². The summed E-state index contributed by atoms with van der Waals surface area (Å²) in [5.41, 5.74) is 0.561. The summed E-state index contributed by atoms with van der Waals surface area (Å²) in [5, 5.41) is 5.40. The Balaban J connectivity index is 1.68. The number of thiophene rings is 1. The molecule has 0 atom stereocenters. The minimum Gasteiger partial charge on any atom is -0.352 e. The summed E-state index contributed by atoms with van der Waals surface area (Å²) >= 11 is 10.8. The van der Waals surface area contributed by atoms with Crippen LogP contribution in [-0.2, 0) is 11.3 Å². The second-order valence-electron chi connectivity index (χ2n) is 5.35. The smallest absolute Gasteiger partial charge is 0.251 e. The van der Waals surface area contributed by atoms with Crippen LogP contribution in [0, 0.1) is 0 Å². The topological polar surface area (TPSA) is 49.4 Å². The summed E-state index contributed by atoms with van der Waals surface area (Å²) < 4.78 is 1.04. The maximum absolute atomic E-state index is 12.1. The van der Waals surface area contributed by atoms with Gasteiger partial charge in [-0.05, 0) is 52.7 Å². The summed E-state index contributed by atoms with van der Waals surface area (Å²) in [6, 6.07) is 8.72. The number of halogens is 2. The number of nitrogens with one attached hydrogen (secondary N) is 1. The third-order valence-corrected chi connectivity index (χ3v) is 5.33. The van der Waals surface area contributed by atoms with Crippen molar-refractivity contribution in [2.24, 2.45) is 0 Å². The molecule has 2 rings (SSSR count). The molecule has 0 radical (unpaired) electrons. The summed E-state index contributed by atoms with van der Waals surface area (Å²) in [6.45, 7) is 1.07. The SMILES string of the molecule is CN(Cc1cc(Br)cs1)C(=O)CCCNC(=O)c1ccc(Cl)cc1. The molecule has 128 valence electrons. The van der Waals surface area contributed by atoms with E-state index in [2.05, 4.69) is 21.2 Å². The molecule has 0 fully saturated rings. The van der Waals surface area contributed by atoms with E-state index in [0.29, 0.717) is 36.5 Å². The molecule has 2 aromatic rings. The summed E-state index contributed by atoms with van der Waals surface area (Å²) in [4.78, 5) is 26.9. The van der Waals surface area contributed by atoms with Crippen molar-refractivity contribution >= 4 is 50.7 Å². The summed E-state index contributed by atoms with van der Waals surface area (Å²) in [5.74, 6) is -0.0869. The molecule has 0 unspecified atom stereocenters. The molecule has 7 heteroatoms. The molecule has 24 heavy (non-hydrogen) atoms. The number of carbonyl (C=O) groups excluding carboxylic acids is 2. The monoisotopic (exact) mass is 428 g/mol. The molecule has 0 aliphatic heterocycles. The quantitative estimate of drug-likeness (QED) is 0.666. The van der Waals surface area contributed by atoms with Crippen LogP contribution in [0.5, 0.6) is 0 Å². The second-order valence-corrected chi connectivity index (χ2v) is 7.70. The second kappa shape index (κ2) is 9.20. The molecule has 0 aliphatic carbocycles.